The van der Waals surface area contributed by atoms with Gasteiger partial charge in [-0.05, 0) is 32.9 Å². The van der Waals surface area contributed by atoms with Crippen molar-refractivity contribution >= 4 is 16.8 Å². The molecule has 0 aliphatic heterocycles. The van der Waals surface area contributed by atoms with Gasteiger partial charge in [0.25, 0.3) is 5.89 Å². The van der Waals surface area contributed by atoms with Crippen molar-refractivity contribution in [2.24, 2.45) is 0 Å². The third kappa shape index (κ3) is 3.51. The average Bonchev–Trinajstić information content (AvgIpc) is 3.27. The lowest BCUT2D eigenvalue weighted by Crippen LogP contribution is -2.33. The number of para-hydroxylation sites is 1. The van der Waals surface area contributed by atoms with Gasteiger partial charge >= 0.3 is 0 Å². The first kappa shape index (κ1) is 17.9. The molecule has 142 valence electrons. The largest absolute Gasteiger partial charge is 0.352 e. The molecular weight excluding hydrogens is 354 g/mol. The summed E-state index contributed by atoms with van der Waals surface area (Å²) in [7, 11) is 0. The second-order valence-electron chi connectivity index (χ2n) is 7.04. The van der Waals surface area contributed by atoms with Gasteiger partial charge in [-0.2, -0.15) is 10.1 Å². The van der Waals surface area contributed by atoms with Crippen LogP contribution in [0.5, 0.6) is 0 Å². The van der Waals surface area contributed by atoms with Crippen LogP contribution in [-0.2, 0) is 11.3 Å². The number of nitrogens with zero attached hydrogens (tertiary/aromatic N) is 4. The Kier molecular flexibility index (Phi) is 4.65. The van der Waals surface area contributed by atoms with E-state index in [1.54, 1.807) is 4.68 Å². The first-order valence-corrected chi connectivity index (χ1v) is 9.17. The normalized spacial score (nSPS) is 11.3. The van der Waals surface area contributed by atoms with Crippen LogP contribution in [0, 0.1) is 6.92 Å². The van der Waals surface area contributed by atoms with Crippen molar-refractivity contribution in [1.82, 2.24) is 25.2 Å². The predicted octanol–water partition coefficient (Wildman–Crippen LogP) is 3.59. The molecule has 7 nitrogen and oxygen atoms in total. The molecule has 4 rings (SSSR count). The molecule has 0 aliphatic carbocycles. The molecular formula is C21H21N5O2. The summed E-state index contributed by atoms with van der Waals surface area (Å²) < 4.78 is 7.16. The number of rotatable bonds is 5. The van der Waals surface area contributed by atoms with Crippen molar-refractivity contribution in [1.29, 1.82) is 0 Å². The molecule has 4 aromatic rings. The van der Waals surface area contributed by atoms with E-state index in [0.717, 1.165) is 22.0 Å². The standard InChI is InChI=1S/C21H21N5O2/c1-13(2)22-18(27)12-26-17-10-5-4-9-16(17)19(24-26)21-23-20(25-28-21)15-8-6-7-14(3)11-15/h4-11,13H,12H2,1-3H3,(H,22,27). The third-order valence-electron chi connectivity index (χ3n) is 4.31. The minimum atomic E-state index is -0.0965. The van der Waals surface area contributed by atoms with Gasteiger partial charge in [0.15, 0.2) is 5.69 Å². The Morgan fingerprint density at radius 3 is 2.79 bits per heavy atom. The van der Waals surface area contributed by atoms with Crippen LogP contribution in [0.1, 0.15) is 19.4 Å². The van der Waals surface area contributed by atoms with Gasteiger partial charge in [-0.1, -0.05) is 47.1 Å². The number of fused-ring (bicyclic) bond motifs is 1. The van der Waals surface area contributed by atoms with Crippen LogP contribution in [-0.4, -0.2) is 31.9 Å². The van der Waals surface area contributed by atoms with Crippen LogP contribution in [0.15, 0.2) is 53.1 Å². The molecule has 0 fully saturated rings. The van der Waals surface area contributed by atoms with Crippen molar-refractivity contribution in [3.8, 4) is 23.0 Å². The zero-order valence-electron chi connectivity index (χ0n) is 16.0. The highest BCUT2D eigenvalue weighted by molar-refractivity contribution is 5.92. The maximum atomic E-state index is 12.2. The van der Waals surface area contributed by atoms with Gasteiger partial charge in [-0.25, -0.2) is 0 Å². The van der Waals surface area contributed by atoms with Gasteiger partial charge < -0.3 is 9.84 Å². The molecule has 2 aromatic carbocycles. The van der Waals surface area contributed by atoms with Crippen LogP contribution < -0.4 is 5.32 Å². The topological polar surface area (TPSA) is 85.8 Å². The summed E-state index contributed by atoms with van der Waals surface area (Å²) in [4.78, 5) is 16.7. The molecule has 0 unspecified atom stereocenters. The molecule has 0 radical (unpaired) electrons. The fraction of sp³-hybridized carbons (Fsp3) is 0.238. The van der Waals surface area contributed by atoms with Gasteiger partial charge in [0, 0.05) is 17.0 Å². The van der Waals surface area contributed by atoms with Gasteiger partial charge in [-0.15, -0.1) is 0 Å². The Morgan fingerprint density at radius 2 is 2.00 bits per heavy atom. The minimum Gasteiger partial charge on any atom is -0.352 e. The molecule has 0 saturated heterocycles. The Labute approximate surface area is 162 Å². The first-order valence-electron chi connectivity index (χ1n) is 9.17. The maximum Gasteiger partial charge on any atom is 0.279 e. The van der Waals surface area contributed by atoms with Crippen LogP contribution >= 0.6 is 0 Å². The number of amides is 1. The number of benzene rings is 2. The van der Waals surface area contributed by atoms with Crippen LogP contribution in [0.3, 0.4) is 0 Å². The molecule has 2 aromatic heterocycles. The second kappa shape index (κ2) is 7.26. The molecule has 28 heavy (non-hydrogen) atoms. The van der Waals surface area contributed by atoms with E-state index in [4.69, 9.17) is 4.52 Å². The molecule has 0 spiro atoms. The van der Waals surface area contributed by atoms with Crippen molar-refractivity contribution in [2.75, 3.05) is 0 Å². The summed E-state index contributed by atoms with van der Waals surface area (Å²) in [6, 6.07) is 15.7. The Balaban J connectivity index is 1.72. The number of carbonyl (C=O) groups is 1. The Morgan fingerprint density at radius 1 is 1.18 bits per heavy atom. The van der Waals surface area contributed by atoms with Gasteiger partial charge in [-0.3, -0.25) is 9.48 Å². The first-order chi connectivity index (χ1) is 13.5. The zero-order valence-corrected chi connectivity index (χ0v) is 16.0. The van der Waals surface area contributed by atoms with Crippen molar-refractivity contribution < 1.29 is 9.32 Å². The summed E-state index contributed by atoms with van der Waals surface area (Å²) in [5, 5.41) is 12.4. The Hall–Kier alpha value is -3.48. The smallest absolute Gasteiger partial charge is 0.279 e. The molecule has 7 heteroatoms. The lowest BCUT2D eigenvalue weighted by atomic mass is 10.1. The number of hydrogen-bond donors (Lipinski definition) is 1. The summed E-state index contributed by atoms with van der Waals surface area (Å²) in [5.41, 5.74) is 3.41. The van der Waals surface area contributed by atoms with Crippen molar-refractivity contribution in [3.63, 3.8) is 0 Å². The Bertz CT molecular complexity index is 1140. The second-order valence-corrected chi connectivity index (χ2v) is 7.04. The zero-order chi connectivity index (χ0) is 19.7. The lowest BCUT2D eigenvalue weighted by molar-refractivity contribution is -0.122. The molecule has 1 N–H and O–H groups in total. The summed E-state index contributed by atoms with van der Waals surface area (Å²) >= 11 is 0. The monoisotopic (exact) mass is 375 g/mol. The quantitative estimate of drug-likeness (QED) is 0.576. The van der Waals surface area contributed by atoms with E-state index >= 15 is 0 Å². The highest BCUT2D eigenvalue weighted by Gasteiger charge is 2.19. The van der Waals surface area contributed by atoms with Gasteiger partial charge in [0.2, 0.25) is 11.7 Å². The summed E-state index contributed by atoms with van der Waals surface area (Å²) in [5.74, 6) is 0.742. The SMILES string of the molecule is Cc1cccc(-c2noc(-c3nn(CC(=O)NC(C)C)c4ccccc34)n2)c1. The molecule has 0 aliphatic rings. The number of aromatic nitrogens is 4. The number of carbonyl (C=O) groups excluding carboxylic acids is 1. The predicted molar refractivity (Wildman–Crippen MR) is 106 cm³/mol. The van der Waals surface area contributed by atoms with E-state index in [1.807, 2.05) is 69.3 Å². The van der Waals surface area contributed by atoms with E-state index in [9.17, 15) is 4.79 Å². The van der Waals surface area contributed by atoms with E-state index in [2.05, 4.69) is 20.6 Å². The fourth-order valence-corrected chi connectivity index (χ4v) is 3.13. The van der Waals surface area contributed by atoms with E-state index in [-0.39, 0.29) is 18.5 Å². The summed E-state index contributed by atoms with van der Waals surface area (Å²) in [6.07, 6.45) is 0. The molecule has 1 amide bonds. The fourth-order valence-electron chi connectivity index (χ4n) is 3.13. The molecule has 0 saturated carbocycles. The van der Waals surface area contributed by atoms with E-state index in [0.29, 0.717) is 17.4 Å². The summed E-state index contributed by atoms with van der Waals surface area (Å²) in [6.45, 7) is 5.99. The number of hydrogen-bond acceptors (Lipinski definition) is 5. The van der Waals surface area contributed by atoms with E-state index < -0.39 is 0 Å². The third-order valence-corrected chi connectivity index (χ3v) is 4.31. The number of nitrogens with one attached hydrogen (secondary N) is 1. The van der Waals surface area contributed by atoms with Crippen LogP contribution in [0.4, 0.5) is 0 Å². The van der Waals surface area contributed by atoms with Gasteiger partial charge in [0.1, 0.15) is 6.54 Å². The highest BCUT2D eigenvalue weighted by Crippen LogP contribution is 2.28. The molecule has 0 atom stereocenters. The van der Waals surface area contributed by atoms with Gasteiger partial charge in [0.05, 0.1) is 5.52 Å². The maximum absolute atomic E-state index is 12.2. The average molecular weight is 375 g/mol. The highest BCUT2D eigenvalue weighted by atomic mass is 16.5. The van der Waals surface area contributed by atoms with Crippen LogP contribution in [0.2, 0.25) is 0 Å². The lowest BCUT2D eigenvalue weighted by Gasteiger charge is -2.08. The molecule has 0 bridgehead atoms. The van der Waals surface area contributed by atoms with E-state index in [1.165, 1.54) is 0 Å². The minimum absolute atomic E-state index is 0.0709. The molecule has 2 heterocycles. The number of aryl methyl sites for hydroxylation is 1. The van der Waals surface area contributed by atoms with Crippen LogP contribution in [0.25, 0.3) is 33.9 Å². The van der Waals surface area contributed by atoms with Crippen molar-refractivity contribution in [3.05, 3.63) is 54.1 Å². The van der Waals surface area contributed by atoms with Crippen molar-refractivity contribution in [2.45, 2.75) is 33.4 Å².